The number of hydrogen-bond donors (Lipinski definition) is 3. The van der Waals surface area contributed by atoms with Crippen LogP contribution in [-0.2, 0) is 14.8 Å². The van der Waals surface area contributed by atoms with Gasteiger partial charge >= 0.3 is 6.03 Å². The molecule has 25 heavy (non-hydrogen) atoms. The van der Waals surface area contributed by atoms with Gasteiger partial charge in [0.15, 0.2) is 0 Å². The van der Waals surface area contributed by atoms with Crippen LogP contribution in [0.25, 0.3) is 0 Å². The van der Waals surface area contributed by atoms with Crippen molar-refractivity contribution >= 4 is 33.3 Å². The van der Waals surface area contributed by atoms with E-state index in [-0.39, 0.29) is 10.1 Å². The Bertz CT molecular complexity index is 717. The summed E-state index contributed by atoms with van der Waals surface area (Å²) in [5.74, 6) is -0.266. The Morgan fingerprint density at radius 1 is 1.28 bits per heavy atom. The fourth-order valence-corrected chi connectivity index (χ4v) is 5.82. The minimum absolute atomic E-state index is 0.266. The Kier molecular flexibility index (Phi) is 6.79. The molecule has 1 aliphatic rings. The summed E-state index contributed by atoms with van der Waals surface area (Å²) in [7, 11) is -3.63. The smallest absolute Gasteiger partial charge is 0.312 e. The second-order valence-corrected chi connectivity index (χ2v) is 9.33. The van der Waals surface area contributed by atoms with Crippen LogP contribution in [-0.4, -0.2) is 50.3 Å². The van der Waals surface area contributed by atoms with Crippen LogP contribution in [0.5, 0.6) is 0 Å². The Morgan fingerprint density at radius 2 is 1.96 bits per heavy atom. The topological polar surface area (TPSA) is 122 Å². The molecule has 0 spiro atoms. The summed E-state index contributed by atoms with van der Waals surface area (Å²) in [5, 5.41) is 5.26. The molecule has 1 atom stereocenters. The second kappa shape index (κ2) is 8.63. The summed E-state index contributed by atoms with van der Waals surface area (Å²) in [6, 6.07) is 2.13. The van der Waals surface area contributed by atoms with E-state index in [2.05, 4.69) is 10.6 Å². The van der Waals surface area contributed by atoms with Gasteiger partial charge in [0, 0.05) is 24.5 Å². The zero-order valence-electron chi connectivity index (χ0n) is 14.2. The van der Waals surface area contributed by atoms with E-state index in [0.29, 0.717) is 45.3 Å². The van der Waals surface area contributed by atoms with Crippen LogP contribution in [0, 0.1) is 6.92 Å². The van der Waals surface area contributed by atoms with E-state index in [1.807, 2.05) is 6.92 Å². The zero-order chi connectivity index (χ0) is 18.4. The van der Waals surface area contributed by atoms with Gasteiger partial charge in [-0.1, -0.05) is 0 Å². The fourth-order valence-electron chi connectivity index (χ4n) is 2.75. The first kappa shape index (κ1) is 19.7. The van der Waals surface area contributed by atoms with Gasteiger partial charge in [-0.3, -0.25) is 4.79 Å². The molecular formula is C15H24N4O4S2. The van der Waals surface area contributed by atoms with E-state index in [4.69, 9.17) is 5.73 Å². The lowest BCUT2D eigenvalue weighted by molar-refractivity contribution is -0.124. The van der Waals surface area contributed by atoms with Crippen LogP contribution in [0.15, 0.2) is 16.3 Å². The minimum atomic E-state index is -3.63. The Morgan fingerprint density at radius 3 is 2.56 bits per heavy atom. The number of amides is 3. The number of aryl methyl sites for hydroxylation is 1. The molecule has 0 aromatic carbocycles. The Labute approximate surface area is 151 Å². The molecule has 0 aliphatic carbocycles. The number of nitrogens with two attached hydrogens (primary N) is 1. The first-order valence-corrected chi connectivity index (χ1v) is 10.5. The molecule has 2 rings (SSSR count). The third kappa shape index (κ3) is 5.16. The number of carbonyl (C=O) groups is 2. The Hall–Kier alpha value is -1.65. The number of hydrogen-bond acceptors (Lipinski definition) is 5. The first-order valence-electron chi connectivity index (χ1n) is 8.21. The van der Waals surface area contributed by atoms with Crippen LogP contribution in [0.3, 0.4) is 0 Å². The number of thiophene rings is 1. The van der Waals surface area contributed by atoms with Crippen LogP contribution in [0.4, 0.5) is 4.79 Å². The van der Waals surface area contributed by atoms with Crippen molar-refractivity contribution in [3.63, 3.8) is 0 Å². The van der Waals surface area contributed by atoms with Gasteiger partial charge in [-0.05, 0) is 44.7 Å². The average molecular weight is 389 g/mol. The summed E-state index contributed by atoms with van der Waals surface area (Å²) >= 11 is 1.22. The number of primary amides is 1. The Balaban J connectivity index is 1.88. The van der Waals surface area contributed by atoms with Crippen LogP contribution < -0.4 is 16.4 Å². The van der Waals surface area contributed by atoms with Crippen molar-refractivity contribution in [2.75, 3.05) is 19.6 Å². The molecule has 140 valence electrons. The van der Waals surface area contributed by atoms with Crippen molar-refractivity contribution in [3.05, 3.63) is 17.0 Å². The lowest BCUT2D eigenvalue weighted by Crippen LogP contribution is -2.46. The van der Waals surface area contributed by atoms with E-state index in [1.54, 1.807) is 12.1 Å². The van der Waals surface area contributed by atoms with Gasteiger partial charge in [0.25, 0.3) is 10.0 Å². The van der Waals surface area contributed by atoms with Crippen molar-refractivity contribution in [1.29, 1.82) is 0 Å². The third-order valence-electron chi connectivity index (χ3n) is 3.99. The number of nitrogens with one attached hydrogen (secondary N) is 2. The van der Waals surface area contributed by atoms with Crippen molar-refractivity contribution in [2.24, 2.45) is 5.73 Å². The van der Waals surface area contributed by atoms with Crippen molar-refractivity contribution < 1.29 is 18.0 Å². The molecule has 1 saturated heterocycles. The quantitative estimate of drug-likeness (QED) is 0.570. The summed E-state index contributed by atoms with van der Waals surface area (Å²) < 4.78 is 27.1. The maximum atomic E-state index is 12.7. The highest BCUT2D eigenvalue weighted by atomic mass is 32.2. The van der Waals surface area contributed by atoms with E-state index in [1.165, 1.54) is 15.6 Å². The highest BCUT2D eigenvalue weighted by Gasteiger charge is 2.39. The monoisotopic (exact) mass is 388 g/mol. The normalized spacial score (nSPS) is 18.2. The lowest BCUT2D eigenvalue weighted by Gasteiger charge is -2.22. The molecule has 1 aliphatic heterocycles. The maximum Gasteiger partial charge on any atom is 0.312 e. The fraction of sp³-hybridized carbons (Fsp3) is 0.600. The molecule has 0 radical (unpaired) electrons. The molecule has 1 aromatic heterocycles. The van der Waals surface area contributed by atoms with Crippen molar-refractivity contribution in [1.82, 2.24) is 14.9 Å². The van der Waals surface area contributed by atoms with Crippen molar-refractivity contribution in [2.45, 2.75) is 42.9 Å². The van der Waals surface area contributed by atoms with Gasteiger partial charge in [-0.15, -0.1) is 11.3 Å². The van der Waals surface area contributed by atoms with Crippen molar-refractivity contribution in [3.8, 4) is 0 Å². The number of carbonyl (C=O) groups excluding carboxylic acids is 2. The van der Waals surface area contributed by atoms with Gasteiger partial charge in [0.05, 0.1) is 0 Å². The molecule has 10 heteroatoms. The molecule has 3 amide bonds. The number of unbranched alkanes of at least 4 members (excludes halogenated alkanes) is 1. The van der Waals surface area contributed by atoms with E-state index in [0.717, 1.165) is 4.88 Å². The molecule has 1 aromatic rings. The summed E-state index contributed by atoms with van der Waals surface area (Å²) in [5.41, 5.74) is 4.96. The van der Waals surface area contributed by atoms with Gasteiger partial charge < -0.3 is 16.4 Å². The number of sulfonamides is 1. The lowest BCUT2D eigenvalue weighted by atomic mass is 10.2. The predicted octanol–water partition coefficient (Wildman–Crippen LogP) is 0.774. The van der Waals surface area contributed by atoms with Crippen LogP contribution in [0.1, 0.15) is 30.6 Å². The molecule has 4 N–H and O–H groups in total. The van der Waals surface area contributed by atoms with Gasteiger partial charge in [-0.2, -0.15) is 4.31 Å². The third-order valence-corrected chi connectivity index (χ3v) is 7.36. The number of rotatable bonds is 8. The van der Waals surface area contributed by atoms with E-state index < -0.39 is 22.1 Å². The maximum absolute atomic E-state index is 12.7. The van der Waals surface area contributed by atoms with E-state index >= 15 is 0 Å². The number of nitrogens with zero attached hydrogens (tertiary/aromatic N) is 1. The molecular weight excluding hydrogens is 364 g/mol. The SMILES string of the molecule is Cc1ccc(S(=O)(=O)N2CCC[C@@H]2C(=O)NCCCCNC(N)=O)s1. The molecule has 8 nitrogen and oxygen atoms in total. The number of urea groups is 1. The molecule has 0 unspecified atom stereocenters. The summed E-state index contributed by atoms with van der Waals surface area (Å²) in [4.78, 5) is 23.8. The average Bonchev–Trinajstić information content (AvgIpc) is 3.19. The van der Waals surface area contributed by atoms with Gasteiger partial charge in [0.1, 0.15) is 10.3 Å². The molecule has 1 fully saturated rings. The zero-order valence-corrected chi connectivity index (χ0v) is 15.8. The molecule has 2 heterocycles. The van der Waals surface area contributed by atoms with Crippen LogP contribution >= 0.6 is 11.3 Å². The first-order chi connectivity index (χ1) is 11.8. The predicted molar refractivity (Wildman–Crippen MR) is 95.8 cm³/mol. The summed E-state index contributed by atoms with van der Waals surface area (Å²) in [6.45, 7) is 3.10. The largest absolute Gasteiger partial charge is 0.355 e. The highest BCUT2D eigenvalue weighted by molar-refractivity contribution is 7.91. The summed E-state index contributed by atoms with van der Waals surface area (Å²) in [6.07, 6.45) is 2.56. The van der Waals surface area contributed by atoms with Gasteiger partial charge in [0.2, 0.25) is 5.91 Å². The van der Waals surface area contributed by atoms with E-state index in [9.17, 15) is 18.0 Å². The highest BCUT2D eigenvalue weighted by Crippen LogP contribution is 2.30. The molecule has 0 saturated carbocycles. The standard InChI is InChI=1S/C15H24N4O4S2/c1-11-6-7-13(24-11)25(22,23)19-10-4-5-12(19)14(20)17-8-2-3-9-18-15(16)21/h6-7,12H,2-5,8-10H2,1H3,(H,17,20)(H3,16,18,21)/t12-/m1/s1. The second-order valence-electron chi connectivity index (χ2n) is 5.93. The minimum Gasteiger partial charge on any atom is -0.355 e. The van der Waals surface area contributed by atoms with Gasteiger partial charge in [-0.25, -0.2) is 13.2 Å². The van der Waals surface area contributed by atoms with Crippen LogP contribution in [0.2, 0.25) is 0 Å². The molecule has 0 bridgehead atoms.